The van der Waals surface area contributed by atoms with E-state index in [1.165, 1.54) is 0 Å². The Morgan fingerprint density at radius 2 is 2.07 bits per heavy atom. The molecular weight excluding hydrogens is 317 g/mol. The van der Waals surface area contributed by atoms with Crippen LogP contribution in [0.4, 0.5) is 8.78 Å². The molecule has 0 amide bonds. The molecule has 0 aliphatic carbocycles. The lowest BCUT2D eigenvalue weighted by Crippen LogP contribution is -2.16. The van der Waals surface area contributed by atoms with E-state index >= 15 is 0 Å². The van der Waals surface area contributed by atoms with Crippen molar-refractivity contribution in [3.05, 3.63) is 21.4 Å². The molecule has 0 bridgehead atoms. The predicted octanol–water partition coefficient (Wildman–Crippen LogP) is 2.08. The lowest BCUT2D eigenvalue weighted by Gasteiger charge is -2.07. The van der Waals surface area contributed by atoms with E-state index in [1.807, 2.05) is 0 Å². The van der Waals surface area contributed by atoms with Crippen LogP contribution in [0.2, 0.25) is 5.15 Å². The summed E-state index contributed by atoms with van der Waals surface area (Å²) in [5.74, 6) is 0. The van der Waals surface area contributed by atoms with Crippen molar-refractivity contribution in [2.45, 2.75) is 11.3 Å². The topological polar surface area (TPSA) is 73.1 Å². The molecule has 2 N–H and O–H groups in total. The average molecular weight is 322 g/mol. The molecule has 0 aliphatic rings. The number of halogens is 4. The van der Waals surface area contributed by atoms with Crippen molar-refractivity contribution in [1.82, 2.24) is 4.98 Å². The fourth-order valence-electron chi connectivity index (χ4n) is 0.847. The van der Waals surface area contributed by atoms with Gasteiger partial charge in [-0.1, -0.05) is 11.6 Å². The van der Waals surface area contributed by atoms with Gasteiger partial charge in [-0.05, 0) is 22.0 Å². The van der Waals surface area contributed by atoms with Gasteiger partial charge in [0.25, 0.3) is 6.43 Å². The van der Waals surface area contributed by atoms with Gasteiger partial charge in [-0.15, -0.1) is 0 Å². The van der Waals surface area contributed by atoms with E-state index in [0.717, 1.165) is 6.07 Å². The SMILES string of the molecule is NS(=O)(=O)c1cc(Br)c(Cl)nc1C(F)F. The summed E-state index contributed by atoms with van der Waals surface area (Å²) in [6.45, 7) is 0. The Morgan fingerprint density at radius 1 is 1.53 bits per heavy atom. The van der Waals surface area contributed by atoms with Crippen LogP contribution in [0, 0.1) is 0 Å². The highest BCUT2D eigenvalue weighted by atomic mass is 79.9. The summed E-state index contributed by atoms with van der Waals surface area (Å²) in [6, 6.07) is 0.895. The molecule has 0 unspecified atom stereocenters. The Labute approximate surface area is 97.6 Å². The summed E-state index contributed by atoms with van der Waals surface area (Å²) in [6.07, 6.45) is -3.07. The number of hydrogen-bond donors (Lipinski definition) is 1. The average Bonchev–Trinajstić information content (AvgIpc) is 2.06. The van der Waals surface area contributed by atoms with Gasteiger partial charge in [-0.3, -0.25) is 0 Å². The number of primary sulfonamides is 1. The normalized spacial score (nSPS) is 12.1. The zero-order valence-electron chi connectivity index (χ0n) is 6.92. The first-order valence-electron chi connectivity index (χ1n) is 3.40. The first-order valence-corrected chi connectivity index (χ1v) is 6.12. The number of pyridine rings is 1. The van der Waals surface area contributed by atoms with Crippen LogP contribution in [0.5, 0.6) is 0 Å². The molecule has 0 fully saturated rings. The van der Waals surface area contributed by atoms with Crippen LogP contribution in [0.25, 0.3) is 0 Å². The van der Waals surface area contributed by atoms with Crippen molar-refractivity contribution in [3.63, 3.8) is 0 Å². The molecule has 0 spiro atoms. The first-order chi connectivity index (χ1) is 6.73. The largest absolute Gasteiger partial charge is 0.281 e. The minimum atomic E-state index is -4.25. The zero-order valence-corrected chi connectivity index (χ0v) is 10.1. The molecule has 0 radical (unpaired) electrons. The molecule has 9 heteroatoms. The molecule has 15 heavy (non-hydrogen) atoms. The van der Waals surface area contributed by atoms with E-state index < -0.39 is 27.0 Å². The Morgan fingerprint density at radius 3 is 2.47 bits per heavy atom. The predicted molar refractivity (Wildman–Crippen MR) is 53.3 cm³/mol. The molecule has 0 aromatic carbocycles. The summed E-state index contributed by atoms with van der Waals surface area (Å²) in [4.78, 5) is 2.51. The number of rotatable bonds is 2. The van der Waals surface area contributed by atoms with Gasteiger partial charge in [0.15, 0.2) is 0 Å². The van der Waals surface area contributed by atoms with E-state index in [4.69, 9.17) is 16.7 Å². The third-order valence-electron chi connectivity index (χ3n) is 1.44. The summed E-state index contributed by atoms with van der Waals surface area (Å²) in [5.41, 5.74) is -0.953. The summed E-state index contributed by atoms with van der Waals surface area (Å²) < 4.78 is 46.8. The number of nitrogens with zero attached hydrogens (tertiary/aromatic N) is 1. The van der Waals surface area contributed by atoms with Crippen molar-refractivity contribution < 1.29 is 17.2 Å². The second kappa shape index (κ2) is 4.28. The Hall–Kier alpha value is -0.310. The molecule has 84 valence electrons. The summed E-state index contributed by atoms with van der Waals surface area (Å²) in [7, 11) is -4.25. The van der Waals surface area contributed by atoms with Crippen molar-refractivity contribution in [1.29, 1.82) is 0 Å². The molecule has 0 saturated heterocycles. The van der Waals surface area contributed by atoms with E-state index in [1.54, 1.807) is 0 Å². The number of hydrogen-bond acceptors (Lipinski definition) is 3. The number of alkyl halides is 2. The maximum absolute atomic E-state index is 12.4. The lowest BCUT2D eigenvalue weighted by molar-refractivity contribution is 0.142. The number of aromatic nitrogens is 1. The van der Waals surface area contributed by atoms with Gasteiger partial charge in [-0.2, -0.15) is 0 Å². The fourth-order valence-corrected chi connectivity index (χ4v) is 2.17. The second-order valence-electron chi connectivity index (χ2n) is 2.49. The molecule has 4 nitrogen and oxygen atoms in total. The van der Waals surface area contributed by atoms with Crippen molar-refractivity contribution in [2.24, 2.45) is 5.14 Å². The van der Waals surface area contributed by atoms with Gasteiger partial charge >= 0.3 is 0 Å². The number of sulfonamides is 1. The van der Waals surface area contributed by atoms with Crippen LogP contribution in [0.3, 0.4) is 0 Å². The van der Waals surface area contributed by atoms with Gasteiger partial charge in [0.2, 0.25) is 10.0 Å². The Kier molecular flexibility index (Phi) is 3.64. The number of nitrogens with two attached hydrogens (primary N) is 1. The van der Waals surface area contributed by atoms with Gasteiger partial charge < -0.3 is 0 Å². The van der Waals surface area contributed by atoms with Crippen LogP contribution >= 0.6 is 27.5 Å². The highest BCUT2D eigenvalue weighted by Crippen LogP contribution is 2.30. The van der Waals surface area contributed by atoms with E-state index in [-0.39, 0.29) is 9.63 Å². The maximum Gasteiger partial charge on any atom is 0.281 e. The first kappa shape index (κ1) is 12.8. The minimum absolute atomic E-state index is 0.0811. The van der Waals surface area contributed by atoms with Crippen molar-refractivity contribution >= 4 is 37.6 Å². The highest BCUT2D eigenvalue weighted by molar-refractivity contribution is 9.10. The van der Waals surface area contributed by atoms with Crippen LogP contribution in [-0.2, 0) is 10.0 Å². The molecule has 0 atom stereocenters. The van der Waals surface area contributed by atoms with Gasteiger partial charge in [-0.25, -0.2) is 27.3 Å². The van der Waals surface area contributed by atoms with Crippen LogP contribution < -0.4 is 5.14 Å². The van der Waals surface area contributed by atoms with Gasteiger partial charge in [0.05, 0.1) is 4.47 Å². The highest BCUT2D eigenvalue weighted by Gasteiger charge is 2.24. The van der Waals surface area contributed by atoms with Crippen molar-refractivity contribution in [2.75, 3.05) is 0 Å². The minimum Gasteiger partial charge on any atom is -0.232 e. The van der Waals surface area contributed by atoms with E-state index in [2.05, 4.69) is 20.9 Å². The fraction of sp³-hybridized carbons (Fsp3) is 0.167. The Bertz CT molecular complexity index is 494. The smallest absolute Gasteiger partial charge is 0.232 e. The van der Waals surface area contributed by atoms with Crippen LogP contribution in [0.1, 0.15) is 12.1 Å². The monoisotopic (exact) mass is 320 g/mol. The van der Waals surface area contributed by atoms with E-state index in [9.17, 15) is 17.2 Å². The standard InChI is InChI=1S/C6H4BrClF2N2O2S/c7-2-1-3(15(11,13)14)4(6(9)10)12-5(2)8/h1,6H,(H2,11,13,14). The van der Waals surface area contributed by atoms with E-state index in [0.29, 0.717) is 0 Å². The van der Waals surface area contributed by atoms with Gasteiger partial charge in [0, 0.05) is 0 Å². The zero-order chi connectivity index (χ0) is 11.8. The molecule has 1 heterocycles. The third kappa shape index (κ3) is 2.83. The molecule has 0 aliphatic heterocycles. The molecule has 1 aromatic rings. The molecule has 1 rings (SSSR count). The molecule has 1 aromatic heterocycles. The Balaban J connectivity index is 3.56. The van der Waals surface area contributed by atoms with Gasteiger partial charge in [0.1, 0.15) is 15.7 Å². The quantitative estimate of drug-likeness (QED) is 0.848. The maximum atomic E-state index is 12.4. The molecule has 0 saturated carbocycles. The second-order valence-corrected chi connectivity index (χ2v) is 5.23. The molecular formula is C6H4BrClF2N2O2S. The summed E-state index contributed by atoms with van der Waals surface area (Å²) >= 11 is 8.32. The third-order valence-corrected chi connectivity index (χ3v) is 3.50. The van der Waals surface area contributed by atoms with Crippen LogP contribution in [-0.4, -0.2) is 13.4 Å². The van der Waals surface area contributed by atoms with Crippen molar-refractivity contribution in [3.8, 4) is 0 Å². The summed E-state index contributed by atoms with van der Waals surface area (Å²) in [5, 5.41) is 4.50. The van der Waals surface area contributed by atoms with Crippen LogP contribution in [0.15, 0.2) is 15.4 Å². The lowest BCUT2D eigenvalue weighted by atomic mass is 10.3.